The van der Waals surface area contributed by atoms with Gasteiger partial charge in [0.1, 0.15) is 23.4 Å². The number of carbonyl (C=O) groups excluding carboxylic acids is 1. The molecule has 1 amide bonds. The van der Waals surface area contributed by atoms with E-state index in [1.165, 1.54) is 4.57 Å². The molecule has 2 unspecified atom stereocenters. The van der Waals surface area contributed by atoms with Crippen LogP contribution in [0.3, 0.4) is 0 Å². The molecular weight excluding hydrogens is 524 g/mol. The van der Waals surface area contributed by atoms with E-state index < -0.39 is 12.7 Å². The van der Waals surface area contributed by atoms with Gasteiger partial charge in [-0.2, -0.15) is 18.3 Å². The van der Waals surface area contributed by atoms with Crippen LogP contribution in [0.5, 0.6) is 5.88 Å². The van der Waals surface area contributed by atoms with Crippen molar-refractivity contribution in [3.05, 3.63) is 36.2 Å². The van der Waals surface area contributed by atoms with E-state index >= 15 is 0 Å². The minimum atomic E-state index is -2.76. The van der Waals surface area contributed by atoms with Crippen LogP contribution in [0.15, 0.2) is 30.3 Å². The lowest BCUT2D eigenvalue weighted by atomic mass is 9.96. The lowest BCUT2D eigenvalue weighted by Crippen LogP contribution is -2.47. The van der Waals surface area contributed by atoms with Crippen LogP contribution in [0.2, 0.25) is 0 Å². The number of imidazole rings is 1. The van der Waals surface area contributed by atoms with Gasteiger partial charge < -0.3 is 24.4 Å². The Hall–Kier alpha value is -3.42. The number of piperidine rings is 1. The van der Waals surface area contributed by atoms with E-state index in [4.69, 9.17) is 9.47 Å². The number of benzene rings is 1. The minimum Gasteiger partial charge on any atom is -0.472 e. The zero-order valence-electron chi connectivity index (χ0n) is 22.4. The molecule has 3 fully saturated rings. The number of aromatic amines is 1. The van der Waals surface area contributed by atoms with Crippen LogP contribution in [-0.2, 0) is 9.53 Å². The number of amides is 1. The Morgan fingerprint density at radius 2 is 1.95 bits per heavy atom. The molecule has 3 aromatic rings. The summed E-state index contributed by atoms with van der Waals surface area (Å²) in [7, 11) is 1.82. The van der Waals surface area contributed by atoms with Gasteiger partial charge in [0.2, 0.25) is 11.8 Å². The number of para-hydroxylation sites is 2. The average molecular weight is 559 g/mol. The molecule has 0 spiro atoms. The number of hydrogen-bond donors (Lipinski definition) is 2. The quantitative estimate of drug-likeness (QED) is 0.440. The third-order valence-corrected chi connectivity index (χ3v) is 7.94. The summed E-state index contributed by atoms with van der Waals surface area (Å²) < 4.78 is 41.5. The summed E-state index contributed by atoms with van der Waals surface area (Å²) >= 11 is 0. The SMILES string of the molecule is CN1CC(C(=O)N2CC[C@H](Oc3cc(-[n+]4c(C(F)F)[nH]c5ccccc54)nc(N4CCOCC4)n3)C2)CCC1O. The van der Waals surface area contributed by atoms with E-state index in [0.717, 1.165) is 0 Å². The molecule has 0 bridgehead atoms. The fourth-order valence-electron chi connectivity index (χ4n) is 5.76. The van der Waals surface area contributed by atoms with Crippen molar-refractivity contribution in [3.63, 3.8) is 0 Å². The first kappa shape index (κ1) is 26.8. The van der Waals surface area contributed by atoms with E-state index in [0.29, 0.717) is 82.2 Å². The Kier molecular flexibility index (Phi) is 7.51. The van der Waals surface area contributed by atoms with Crippen LogP contribution >= 0.6 is 0 Å². The Balaban J connectivity index is 1.27. The summed E-state index contributed by atoms with van der Waals surface area (Å²) in [6, 6.07) is 8.66. The number of fused-ring (bicyclic) bond motifs is 1. The van der Waals surface area contributed by atoms with Crippen LogP contribution < -0.4 is 14.2 Å². The number of likely N-dealkylation sites (tertiary alicyclic amines) is 2. The number of ether oxygens (including phenoxy) is 2. The summed E-state index contributed by atoms with van der Waals surface area (Å²) in [4.78, 5) is 30.9. The van der Waals surface area contributed by atoms with Crippen molar-refractivity contribution in [3.8, 4) is 11.7 Å². The molecule has 0 aliphatic carbocycles. The van der Waals surface area contributed by atoms with E-state index in [1.54, 1.807) is 30.3 Å². The van der Waals surface area contributed by atoms with Crippen molar-refractivity contribution in [2.24, 2.45) is 5.92 Å². The molecule has 0 radical (unpaired) electrons. The first-order valence-corrected chi connectivity index (χ1v) is 13.7. The highest BCUT2D eigenvalue weighted by molar-refractivity contribution is 5.79. The first-order chi connectivity index (χ1) is 19.4. The average Bonchev–Trinajstić information content (AvgIpc) is 3.59. The van der Waals surface area contributed by atoms with Crippen molar-refractivity contribution < 1.29 is 32.7 Å². The van der Waals surface area contributed by atoms with Gasteiger partial charge in [-0.05, 0) is 32.0 Å². The lowest BCUT2D eigenvalue weighted by molar-refractivity contribution is -0.586. The van der Waals surface area contributed by atoms with E-state index in [-0.39, 0.29) is 35.5 Å². The predicted octanol–water partition coefficient (Wildman–Crippen LogP) is 1.65. The summed E-state index contributed by atoms with van der Waals surface area (Å²) in [6.45, 7) is 3.66. The normalized spacial score (nSPS) is 24.3. The van der Waals surface area contributed by atoms with Crippen LogP contribution in [0.25, 0.3) is 16.9 Å². The molecular formula is C27H34F2N7O4+. The topological polar surface area (TPSA) is 111 Å². The number of carbonyl (C=O) groups is 1. The summed E-state index contributed by atoms with van der Waals surface area (Å²) in [5.41, 5.74) is 1.13. The second-order valence-electron chi connectivity index (χ2n) is 10.6. The molecule has 3 atom stereocenters. The van der Waals surface area contributed by atoms with Gasteiger partial charge in [-0.15, -0.1) is 0 Å². The molecule has 40 heavy (non-hydrogen) atoms. The van der Waals surface area contributed by atoms with Gasteiger partial charge in [0, 0.05) is 32.6 Å². The minimum absolute atomic E-state index is 0.0677. The Bertz CT molecular complexity index is 1370. The van der Waals surface area contributed by atoms with Crippen molar-refractivity contribution in [1.82, 2.24) is 24.8 Å². The largest absolute Gasteiger partial charge is 0.472 e. The van der Waals surface area contributed by atoms with Crippen molar-refractivity contribution in [2.45, 2.75) is 38.0 Å². The van der Waals surface area contributed by atoms with Gasteiger partial charge >= 0.3 is 12.4 Å². The second kappa shape index (κ2) is 11.2. The molecule has 2 N–H and O–H groups in total. The molecule has 3 aliphatic heterocycles. The smallest absolute Gasteiger partial charge is 0.322 e. The molecule has 214 valence electrons. The summed E-state index contributed by atoms with van der Waals surface area (Å²) in [5.74, 6) is 0.552. The van der Waals surface area contributed by atoms with Crippen LogP contribution in [0, 0.1) is 5.92 Å². The number of aliphatic hydroxyl groups excluding tert-OH is 1. The Morgan fingerprint density at radius 3 is 2.73 bits per heavy atom. The molecule has 3 aliphatic rings. The van der Waals surface area contributed by atoms with Crippen LogP contribution in [-0.4, -0.2) is 101 Å². The van der Waals surface area contributed by atoms with Gasteiger partial charge in [0.15, 0.2) is 0 Å². The van der Waals surface area contributed by atoms with Crippen LogP contribution in [0.1, 0.15) is 31.5 Å². The molecule has 13 heteroatoms. The first-order valence-electron chi connectivity index (χ1n) is 13.7. The van der Waals surface area contributed by atoms with E-state index in [1.807, 2.05) is 21.7 Å². The maximum atomic E-state index is 14.1. The highest BCUT2D eigenvalue weighted by Gasteiger charge is 2.36. The number of anilines is 1. The van der Waals surface area contributed by atoms with Crippen molar-refractivity contribution >= 4 is 22.9 Å². The highest BCUT2D eigenvalue weighted by Crippen LogP contribution is 2.27. The van der Waals surface area contributed by atoms with E-state index in [9.17, 15) is 18.7 Å². The number of alkyl halides is 2. The van der Waals surface area contributed by atoms with E-state index in [2.05, 4.69) is 15.0 Å². The number of aromatic nitrogens is 4. The monoisotopic (exact) mass is 558 g/mol. The number of nitrogens with one attached hydrogen (secondary N) is 1. The third kappa shape index (κ3) is 5.32. The summed E-state index contributed by atoms with van der Waals surface area (Å²) in [6.07, 6.45) is -1.70. The Morgan fingerprint density at radius 1 is 1.15 bits per heavy atom. The highest BCUT2D eigenvalue weighted by atomic mass is 19.3. The molecule has 11 nitrogen and oxygen atoms in total. The number of morpholine rings is 1. The molecule has 0 saturated carbocycles. The molecule has 2 aromatic heterocycles. The number of hydrogen-bond acceptors (Lipinski definition) is 8. The number of aliphatic hydroxyl groups is 1. The third-order valence-electron chi connectivity index (χ3n) is 7.94. The molecule has 1 aromatic carbocycles. The van der Waals surface area contributed by atoms with Gasteiger partial charge in [0.05, 0.1) is 31.7 Å². The van der Waals surface area contributed by atoms with Gasteiger partial charge in [-0.25, -0.2) is 0 Å². The maximum Gasteiger partial charge on any atom is 0.322 e. The fraction of sp³-hybridized carbons (Fsp3) is 0.556. The number of H-pyrrole nitrogens is 1. The standard InChI is InChI=1S/C27H33F2N7O4/c1-33-15-17(6-7-23(33)37)26(38)35-9-8-18(16-35)40-22-14-21(31-27(32-22)34-10-12-39-13-11-34)36-20-5-3-2-4-19(20)30-25(36)24(28)29/h2-5,14,17-18,23-24,37H,6-13,15-16H2,1H3/p+1/t17?,18-,23?/m0/s1. The second-order valence-corrected chi connectivity index (χ2v) is 10.6. The maximum absolute atomic E-state index is 14.1. The van der Waals surface area contributed by atoms with Crippen molar-refractivity contribution in [2.75, 3.05) is 57.9 Å². The number of nitrogens with zero attached hydrogens (tertiary/aromatic N) is 6. The molecule has 6 rings (SSSR count). The lowest BCUT2D eigenvalue weighted by Gasteiger charge is -2.35. The fourth-order valence-corrected chi connectivity index (χ4v) is 5.76. The van der Waals surface area contributed by atoms with Gasteiger partial charge in [0.25, 0.3) is 11.6 Å². The molecule has 5 heterocycles. The number of halogens is 2. The zero-order valence-corrected chi connectivity index (χ0v) is 22.4. The van der Waals surface area contributed by atoms with Crippen molar-refractivity contribution in [1.29, 1.82) is 0 Å². The predicted molar refractivity (Wildman–Crippen MR) is 140 cm³/mol. The van der Waals surface area contributed by atoms with Crippen LogP contribution in [0.4, 0.5) is 14.7 Å². The molecule has 3 saturated heterocycles. The van der Waals surface area contributed by atoms with Gasteiger partial charge in [-0.3, -0.25) is 14.7 Å². The number of rotatable bonds is 6. The van der Waals surface area contributed by atoms with Gasteiger partial charge in [-0.1, -0.05) is 17.1 Å². The summed E-state index contributed by atoms with van der Waals surface area (Å²) in [5, 5.41) is 9.98. The zero-order chi connectivity index (χ0) is 27.8. The Labute approximate surface area is 230 Å².